The van der Waals surface area contributed by atoms with Crippen LogP contribution in [0.5, 0.6) is 0 Å². The van der Waals surface area contributed by atoms with E-state index in [-0.39, 0.29) is 0 Å². The van der Waals surface area contributed by atoms with Crippen LogP contribution in [-0.2, 0) is 0 Å². The van der Waals surface area contributed by atoms with Crippen molar-refractivity contribution >= 4 is 8.07 Å². The fourth-order valence-electron chi connectivity index (χ4n) is 1.08. The molecule has 0 aromatic rings. The average Bonchev–Trinajstić information content (AvgIpc) is 1.56. The third-order valence-corrected chi connectivity index (χ3v) is 6.72. The maximum atomic E-state index is 2.50. The molecule has 0 N–H and O–H groups in total. The lowest BCUT2D eigenvalue weighted by Gasteiger charge is -2.38. The fraction of sp³-hybridized carbons (Fsp3) is 0.900. The normalized spacial score (nSPS) is 14.2. The van der Waals surface area contributed by atoms with Gasteiger partial charge in [0.1, 0.15) is 0 Å². The summed E-state index contributed by atoms with van der Waals surface area (Å²) in [4.78, 5) is 0. The molecule has 1 radical (unpaired) electrons. The first-order valence-electron chi connectivity index (χ1n) is 4.53. The predicted octanol–water partition coefficient (Wildman–Crippen LogP) is 3.97. The summed E-state index contributed by atoms with van der Waals surface area (Å²) in [5.41, 5.74) is 0. The smallest absolute Gasteiger partial charge is 0.0502 e. The van der Waals surface area contributed by atoms with E-state index >= 15 is 0 Å². The molecule has 0 fully saturated rings. The molecule has 0 rings (SSSR count). The van der Waals surface area contributed by atoms with Gasteiger partial charge in [-0.3, -0.25) is 0 Å². The van der Waals surface area contributed by atoms with E-state index in [1.807, 2.05) is 0 Å². The molecule has 0 aromatic carbocycles. The van der Waals surface area contributed by atoms with Crippen molar-refractivity contribution in [1.29, 1.82) is 0 Å². The molecule has 0 heterocycles. The molecule has 0 saturated carbocycles. The van der Waals surface area contributed by atoms with Crippen molar-refractivity contribution in [2.24, 2.45) is 5.92 Å². The van der Waals surface area contributed by atoms with Gasteiger partial charge in [0.25, 0.3) is 0 Å². The van der Waals surface area contributed by atoms with E-state index in [0.717, 1.165) is 5.92 Å². The second-order valence-electron chi connectivity index (χ2n) is 5.38. The lowest BCUT2D eigenvalue weighted by Crippen LogP contribution is -2.36. The summed E-state index contributed by atoms with van der Waals surface area (Å²) in [6.45, 7) is 16.6. The van der Waals surface area contributed by atoms with Gasteiger partial charge in [-0.05, 0) is 17.4 Å². The van der Waals surface area contributed by atoms with Gasteiger partial charge in [0.15, 0.2) is 0 Å². The zero-order valence-electron chi connectivity index (χ0n) is 9.15. The Hall–Kier alpha value is 0.217. The molecule has 0 unspecified atom stereocenters. The fourth-order valence-corrected chi connectivity index (χ4v) is 1.92. The van der Waals surface area contributed by atoms with Crippen molar-refractivity contribution in [3.63, 3.8) is 0 Å². The SMILES string of the molecule is CC(C)[CH]C(C)(C)[Si](C)(C)C. The van der Waals surface area contributed by atoms with Gasteiger partial charge in [-0.25, -0.2) is 0 Å². The van der Waals surface area contributed by atoms with E-state index in [2.05, 4.69) is 53.8 Å². The first-order valence-corrected chi connectivity index (χ1v) is 8.03. The summed E-state index contributed by atoms with van der Waals surface area (Å²) >= 11 is 0. The monoisotopic (exact) mass is 171 g/mol. The number of rotatable bonds is 3. The minimum absolute atomic E-state index is 0.473. The third kappa shape index (κ3) is 3.41. The van der Waals surface area contributed by atoms with Gasteiger partial charge in [-0.1, -0.05) is 47.3 Å². The van der Waals surface area contributed by atoms with E-state index in [9.17, 15) is 0 Å². The minimum atomic E-state index is -1.00. The molecule has 0 saturated heterocycles. The third-order valence-electron chi connectivity index (χ3n) is 2.68. The van der Waals surface area contributed by atoms with Crippen LogP contribution in [0.1, 0.15) is 27.7 Å². The largest absolute Gasteiger partial charge is 0.0692 e. The highest BCUT2D eigenvalue weighted by atomic mass is 28.3. The Kier molecular flexibility index (Phi) is 3.37. The van der Waals surface area contributed by atoms with Crippen LogP contribution in [0.25, 0.3) is 0 Å². The highest BCUT2D eigenvalue weighted by Crippen LogP contribution is 2.41. The maximum Gasteiger partial charge on any atom is 0.0502 e. The molecular weight excluding hydrogens is 148 g/mol. The molecule has 0 nitrogen and oxygen atoms in total. The summed E-state index contributed by atoms with van der Waals surface area (Å²) in [5.74, 6) is 0.719. The van der Waals surface area contributed by atoms with E-state index in [4.69, 9.17) is 0 Å². The zero-order chi connectivity index (χ0) is 9.28. The zero-order valence-corrected chi connectivity index (χ0v) is 10.2. The van der Waals surface area contributed by atoms with Crippen molar-refractivity contribution < 1.29 is 0 Å². The van der Waals surface area contributed by atoms with Gasteiger partial charge in [0, 0.05) is 0 Å². The minimum Gasteiger partial charge on any atom is -0.0692 e. The van der Waals surface area contributed by atoms with Crippen LogP contribution in [0.15, 0.2) is 0 Å². The predicted molar refractivity (Wildman–Crippen MR) is 56.5 cm³/mol. The van der Waals surface area contributed by atoms with Gasteiger partial charge >= 0.3 is 0 Å². The highest BCUT2D eigenvalue weighted by molar-refractivity contribution is 6.79. The van der Waals surface area contributed by atoms with E-state index in [0.29, 0.717) is 5.04 Å². The van der Waals surface area contributed by atoms with Crippen LogP contribution < -0.4 is 0 Å². The summed E-state index contributed by atoms with van der Waals surface area (Å²) < 4.78 is 0. The Labute approximate surface area is 73.4 Å². The molecule has 11 heavy (non-hydrogen) atoms. The van der Waals surface area contributed by atoms with Crippen molar-refractivity contribution in [1.82, 2.24) is 0 Å². The summed E-state index contributed by atoms with van der Waals surface area (Å²) in [6, 6.07) is 0. The van der Waals surface area contributed by atoms with Crippen LogP contribution in [-0.4, -0.2) is 8.07 Å². The molecule has 0 aromatic heterocycles. The molecule has 0 aliphatic rings. The molecule has 0 atom stereocenters. The Balaban J connectivity index is 4.22. The Morgan fingerprint density at radius 2 is 1.45 bits per heavy atom. The molecule has 0 aliphatic heterocycles. The van der Waals surface area contributed by atoms with E-state index in [1.165, 1.54) is 0 Å². The first kappa shape index (κ1) is 11.2. The second-order valence-corrected chi connectivity index (χ2v) is 11.2. The molecule has 0 spiro atoms. The number of hydrogen-bond donors (Lipinski definition) is 0. The van der Waals surface area contributed by atoms with Gasteiger partial charge in [-0.15, -0.1) is 0 Å². The van der Waals surface area contributed by atoms with Gasteiger partial charge in [0.05, 0.1) is 8.07 Å². The average molecular weight is 171 g/mol. The highest BCUT2D eigenvalue weighted by Gasteiger charge is 2.34. The van der Waals surface area contributed by atoms with Crippen molar-refractivity contribution in [2.75, 3.05) is 0 Å². The second kappa shape index (κ2) is 3.30. The van der Waals surface area contributed by atoms with Crippen LogP contribution in [0, 0.1) is 12.3 Å². The molecule has 67 valence electrons. The number of hydrogen-bond acceptors (Lipinski definition) is 0. The molecule has 0 bridgehead atoms. The Morgan fingerprint density at radius 1 is 1.09 bits per heavy atom. The van der Waals surface area contributed by atoms with E-state index in [1.54, 1.807) is 0 Å². The summed E-state index contributed by atoms with van der Waals surface area (Å²) in [7, 11) is -1.00. The lowest BCUT2D eigenvalue weighted by atomic mass is 10.00. The van der Waals surface area contributed by atoms with Gasteiger partial charge < -0.3 is 0 Å². The molecule has 0 amide bonds. The quantitative estimate of drug-likeness (QED) is 0.564. The Bertz CT molecular complexity index is 117. The van der Waals surface area contributed by atoms with Crippen LogP contribution in [0.3, 0.4) is 0 Å². The van der Waals surface area contributed by atoms with Gasteiger partial charge in [-0.2, -0.15) is 0 Å². The van der Waals surface area contributed by atoms with Crippen molar-refractivity contribution in [3.8, 4) is 0 Å². The van der Waals surface area contributed by atoms with Gasteiger partial charge in [0.2, 0.25) is 0 Å². The molecule has 1 heteroatoms. The standard InChI is InChI=1S/C10H23Si/c1-9(2)8-10(3,4)11(5,6)7/h8-9H,1-7H3. The molecular formula is C10H23Si. The van der Waals surface area contributed by atoms with Crippen molar-refractivity contribution in [2.45, 2.75) is 52.4 Å². The lowest BCUT2D eigenvalue weighted by molar-refractivity contribution is 0.612. The maximum absolute atomic E-state index is 2.50. The Morgan fingerprint density at radius 3 is 1.55 bits per heavy atom. The van der Waals surface area contributed by atoms with Crippen LogP contribution in [0.2, 0.25) is 24.7 Å². The topological polar surface area (TPSA) is 0 Å². The summed E-state index contributed by atoms with van der Waals surface area (Å²) in [6.07, 6.45) is 2.50. The van der Waals surface area contributed by atoms with E-state index < -0.39 is 8.07 Å². The summed E-state index contributed by atoms with van der Waals surface area (Å²) in [5, 5.41) is 0.473. The molecule has 0 aliphatic carbocycles. The first-order chi connectivity index (χ1) is 4.67. The van der Waals surface area contributed by atoms with Crippen LogP contribution >= 0.6 is 0 Å². The van der Waals surface area contributed by atoms with Crippen molar-refractivity contribution in [3.05, 3.63) is 6.42 Å². The van der Waals surface area contributed by atoms with Crippen LogP contribution in [0.4, 0.5) is 0 Å².